The summed E-state index contributed by atoms with van der Waals surface area (Å²) in [6.07, 6.45) is 2.81. The first-order valence-electron chi connectivity index (χ1n) is 4.68. The molecule has 86 valence electrons. The fraction of sp³-hybridized carbons (Fsp3) is 0.200. The van der Waals surface area contributed by atoms with Crippen molar-refractivity contribution in [2.45, 2.75) is 0 Å². The van der Waals surface area contributed by atoms with Gasteiger partial charge in [-0.3, -0.25) is 15.6 Å². The monoisotopic (exact) mass is 230 g/mol. The molecule has 7 heteroatoms. The van der Waals surface area contributed by atoms with E-state index in [1.54, 1.807) is 0 Å². The highest BCUT2D eigenvalue weighted by Gasteiger charge is 2.18. The molecule has 1 heterocycles. The zero-order chi connectivity index (χ0) is 12.7. The lowest BCUT2D eigenvalue weighted by molar-refractivity contribution is 0.0795. The van der Waals surface area contributed by atoms with Crippen LogP contribution in [0.4, 0.5) is 5.69 Å². The number of anilines is 1. The van der Waals surface area contributed by atoms with Crippen LogP contribution in [0.25, 0.3) is 0 Å². The van der Waals surface area contributed by atoms with Gasteiger partial charge in [0.1, 0.15) is 13.1 Å². The van der Waals surface area contributed by atoms with Crippen LogP contribution < -0.4 is 11.3 Å². The lowest BCUT2D eigenvalue weighted by Gasteiger charge is -2.17. The number of hydrazine groups is 1. The Hall–Kier alpha value is -2.64. The van der Waals surface area contributed by atoms with E-state index in [-0.39, 0.29) is 18.7 Å². The van der Waals surface area contributed by atoms with Crippen LogP contribution in [0.2, 0.25) is 0 Å². The maximum absolute atomic E-state index is 12.0. The van der Waals surface area contributed by atoms with E-state index in [1.165, 1.54) is 18.5 Å². The molecule has 0 aliphatic rings. The molecule has 17 heavy (non-hydrogen) atoms. The summed E-state index contributed by atoms with van der Waals surface area (Å²) in [6.45, 7) is -0.323. The second kappa shape index (κ2) is 6.05. The number of pyridine rings is 1. The molecule has 1 rings (SSSR count). The highest BCUT2D eigenvalue weighted by Crippen LogP contribution is 2.14. The van der Waals surface area contributed by atoms with Gasteiger partial charge in [0, 0.05) is 12.4 Å². The molecule has 3 N–H and O–H groups in total. The molecule has 0 spiro atoms. The van der Waals surface area contributed by atoms with Gasteiger partial charge in [0.2, 0.25) is 0 Å². The van der Waals surface area contributed by atoms with Crippen LogP contribution in [0.1, 0.15) is 10.4 Å². The average molecular weight is 230 g/mol. The van der Waals surface area contributed by atoms with Crippen molar-refractivity contribution in [3.8, 4) is 12.1 Å². The molecule has 7 nitrogen and oxygen atoms in total. The molecular formula is C10H10N6O. The van der Waals surface area contributed by atoms with E-state index < -0.39 is 5.91 Å². The van der Waals surface area contributed by atoms with E-state index in [1.807, 2.05) is 12.1 Å². The SMILES string of the molecule is N#CCN(CC#N)C(=O)c1cnccc1NN. The smallest absolute Gasteiger partial charge is 0.259 e. The third-order valence-electron chi connectivity index (χ3n) is 2.02. The first kappa shape index (κ1) is 12.4. The summed E-state index contributed by atoms with van der Waals surface area (Å²) in [4.78, 5) is 16.9. The predicted octanol–water partition coefficient (Wildman–Crippen LogP) is -0.143. The van der Waals surface area contributed by atoms with Crippen LogP contribution in [0.3, 0.4) is 0 Å². The molecule has 0 aliphatic carbocycles. The predicted molar refractivity (Wildman–Crippen MR) is 59.2 cm³/mol. The van der Waals surface area contributed by atoms with Gasteiger partial charge in [0.05, 0.1) is 23.4 Å². The summed E-state index contributed by atoms with van der Waals surface area (Å²) >= 11 is 0. The maximum atomic E-state index is 12.0. The number of aromatic nitrogens is 1. The van der Waals surface area contributed by atoms with Crippen molar-refractivity contribution in [3.05, 3.63) is 24.0 Å². The fourth-order valence-corrected chi connectivity index (χ4v) is 1.23. The normalized spacial score (nSPS) is 8.88. The number of nitrogen functional groups attached to an aromatic ring is 1. The number of nitrogens with zero attached hydrogens (tertiary/aromatic N) is 4. The van der Waals surface area contributed by atoms with Gasteiger partial charge in [-0.1, -0.05) is 0 Å². The number of carbonyl (C=O) groups excluding carboxylic acids is 1. The van der Waals surface area contributed by atoms with Gasteiger partial charge >= 0.3 is 0 Å². The Labute approximate surface area is 98.0 Å². The number of nitrogens with one attached hydrogen (secondary N) is 1. The van der Waals surface area contributed by atoms with Crippen molar-refractivity contribution in [3.63, 3.8) is 0 Å². The van der Waals surface area contributed by atoms with Crippen molar-refractivity contribution >= 4 is 11.6 Å². The molecule has 0 unspecified atom stereocenters. The van der Waals surface area contributed by atoms with Crippen molar-refractivity contribution < 1.29 is 4.79 Å². The van der Waals surface area contributed by atoms with Crippen LogP contribution in [0.5, 0.6) is 0 Å². The summed E-state index contributed by atoms with van der Waals surface area (Å²) in [7, 11) is 0. The number of carbonyl (C=O) groups is 1. The summed E-state index contributed by atoms with van der Waals surface area (Å²) in [6, 6.07) is 5.18. The number of hydrogen-bond acceptors (Lipinski definition) is 6. The molecule has 0 aliphatic heterocycles. The van der Waals surface area contributed by atoms with E-state index in [9.17, 15) is 4.79 Å². The van der Waals surface area contributed by atoms with Gasteiger partial charge in [-0.2, -0.15) is 10.5 Å². The summed E-state index contributed by atoms with van der Waals surface area (Å²) < 4.78 is 0. The van der Waals surface area contributed by atoms with Gasteiger partial charge in [-0.15, -0.1) is 0 Å². The minimum atomic E-state index is -0.464. The topological polar surface area (TPSA) is 119 Å². The Morgan fingerprint density at radius 1 is 1.47 bits per heavy atom. The zero-order valence-electron chi connectivity index (χ0n) is 8.92. The number of rotatable bonds is 4. The second-order valence-electron chi connectivity index (χ2n) is 3.04. The van der Waals surface area contributed by atoms with Gasteiger partial charge in [-0.05, 0) is 6.07 Å². The van der Waals surface area contributed by atoms with E-state index in [2.05, 4.69) is 10.4 Å². The Kier molecular flexibility index (Phi) is 4.43. The minimum absolute atomic E-state index is 0.161. The lowest BCUT2D eigenvalue weighted by Crippen LogP contribution is -2.32. The van der Waals surface area contributed by atoms with Crippen molar-refractivity contribution in [1.29, 1.82) is 10.5 Å². The molecule has 1 aromatic heterocycles. The standard InChI is InChI=1S/C10H10N6O/c11-2-5-16(6-3-12)10(17)8-7-14-4-1-9(8)15-13/h1,4,7H,5-6,13H2,(H,14,15). The summed E-state index contributed by atoms with van der Waals surface area (Å²) in [5.41, 5.74) is 2.98. The zero-order valence-corrected chi connectivity index (χ0v) is 8.92. The second-order valence-corrected chi connectivity index (χ2v) is 3.04. The fourth-order valence-electron chi connectivity index (χ4n) is 1.23. The first-order valence-corrected chi connectivity index (χ1v) is 4.68. The summed E-state index contributed by atoms with van der Waals surface area (Å²) in [5.74, 6) is 4.79. The average Bonchev–Trinajstić information content (AvgIpc) is 2.37. The van der Waals surface area contributed by atoms with Crippen LogP contribution >= 0.6 is 0 Å². The minimum Gasteiger partial charge on any atom is -0.323 e. The molecule has 0 bridgehead atoms. The third kappa shape index (κ3) is 2.91. The number of nitrogens with two attached hydrogens (primary N) is 1. The molecule has 0 saturated heterocycles. The number of nitriles is 2. The lowest BCUT2D eigenvalue weighted by atomic mass is 10.2. The van der Waals surface area contributed by atoms with Crippen molar-refractivity contribution in [1.82, 2.24) is 9.88 Å². The molecule has 0 fully saturated rings. The first-order chi connectivity index (χ1) is 8.24. The Morgan fingerprint density at radius 2 is 2.12 bits per heavy atom. The molecule has 0 radical (unpaired) electrons. The molecule has 0 saturated carbocycles. The molecule has 1 amide bonds. The van der Waals surface area contributed by atoms with Gasteiger partial charge in [-0.25, -0.2) is 0 Å². The van der Waals surface area contributed by atoms with Crippen molar-refractivity contribution in [2.75, 3.05) is 18.5 Å². The quantitative estimate of drug-likeness (QED) is 0.422. The van der Waals surface area contributed by atoms with Crippen LogP contribution in [0, 0.1) is 22.7 Å². The summed E-state index contributed by atoms with van der Waals surface area (Å²) in [5, 5.41) is 17.2. The van der Waals surface area contributed by atoms with Gasteiger partial charge in [0.15, 0.2) is 0 Å². The van der Waals surface area contributed by atoms with Crippen LogP contribution in [-0.4, -0.2) is 28.9 Å². The Bertz CT molecular complexity index is 470. The van der Waals surface area contributed by atoms with Crippen LogP contribution in [-0.2, 0) is 0 Å². The highest BCUT2D eigenvalue weighted by molar-refractivity contribution is 5.99. The van der Waals surface area contributed by atoms with Crippen molar-refractivity contribution in [2.24, 2.45) is 5.84 Å². The van der Waals surface area contributed by atoms with E-state index in [0.29, 0.717) is 5.69 Å². The molecule has 0 atom stereocenters. The molecule has 0 aromatic carbocycles. The van der Waals surface area contributed by atoms with E-state index in [4.69, 9.17) is 16.4 Å². The van der Waals surface area contributed by atoms with E-state index in [0.717, 1.165) is 4.90 Å². The maximum Gasteiger partial charge on any atom is 0.259 e. The Morgan fingerprint density at radius 3 is 2.65 bits per heavy atom. The van der Waals surface area contributed by atoms with E-state index >= 15 is 0 Å². The highest BCUT2D eigenvalue weighted by atomic mass is 16.2. The third-order valence-corrected chi connectivity index (χ3v) is 2.02. The number of amides is 1. The van der Waals surface area contributed by atoms with Crippen LogP contribution in [0.15, 0.2) is 18.5 Å². The molecular weight excluding hydrogens is 220 g/mol. The Balaban J connectivity index is 3.02. The van der Waals surface area contributed by atoms with Gasteiger partial charge in [0.25, 0.3) is 5.91 Å². The largest absolute Gasteiger partial charge is 0.323 e. The molecule has 1 aromatic rings. The number of hydrogen-bond donors (Lipinski definition) is 2. The van der Waals surface area contributed by atoms with Gasteiger partial charge < -0.3 is 10.3 Å².